The number of benzene rings is 1. The van der Waals surface area contributed by atoms with Crippen LogP contribution < -0.4 is 11.1 Å². The van der Waals surface area contributed by atoms with E-state index in [0.29, 0.717) is 12.1 Å². The number of halogens is 6. The van der Waals surface area contributed by atoms with Gasteiger partial charge >= 0.3 is 12.4 Å². The van der Waals surface area contributed by atoms with Crippen LogP contribution in [-0.2, 0) is 21.9 Å². The Morgan fingerprint density at radius 1 is 1.15 bits per heavy atom. The summed E-state index contributed by atoms with van der Waals surface area (Å²) in [6.45, 7) is 4.75. The fourth-order valence-corrected chi connectivity index (χ4v) is 2.80. The summed E-state index contributed by atoms with van der Waals surface area (Å²) in [5, 5.41) is 6.43. The van der Waals surface area contributed by atoms with Crippen molar-refractivity contribution in [1.82, 2.24) is 20.1 Å². The van der Waals surface area contributed by atoms with Crippen molar-refractivity contribution in [3.8, 4) is 11.4 Å². The van der Waals surface area contributed by atoms with Gasteiger partial charge in [-0.1, -0.05) is 6.92 Å². The molecule has 0 radical (unpaired) electrons. The van der Waals surface area contributed by atoms with Crippen molar-refractivity contribution in [3.63, 3.8) is 0 Å². The van der Waals surface area contributed by atoms with Crippen LogP contribution in [0.15, 0.2) is 41.7 Å². The summed E-state index contributed by atoms with van der Waals surface area (Å²) < 4.78 is 77.7. The summed E-state index contributed by atoms with van der Waals surface area (Å²) in [4.78, 5) is 25.1. The number of nitrogens with one attached hydrogen (secondary N) is 1. The van der Waals surface area contributed by atoms with Crippen molar-refractivity contribution in [1.29, 1.82) is 0 Å². The van der Waals surface area contributed by atoms with Crippen molar-refractivity contribution in [2.24, 2.45) is 5.73 Å². The van der Waals surface area contributed by atoms with Crippen LogP contribution in [0.3, 0.4) is 0 Å². The number of primary amides is 1. The highest BCUT2D eigenvalue weighted by Crippen LogP contribution is 2.38. The van der Waals surface area contributed by atoms with Crippen LogP contribution in [0, 0.1) is 0 Å². The molecule has 2 heterocycles. The zero-order valence-corrected chi connectivity index (χ0v) is 17.4. The van der Waals surface area contributed by atoms with Crippen molar-refractivity contribution in [3.05, 3.63) is 52.9 Å². The van der Waals surface area contributed by atoms with E-state index >= 15 is 0 Å². The fourth-order valence-electron chi connectivity index (χ4n) is 2.80. The molecule has 1 aromatic heterocycles. The van der Waals surface area contributed by atoms with E-state index in [-0.39, 0.29) is 17.8 Å². The molecule has 0 aliphatic carbocycles. The van der Waals surface area contributed by atoms with Crippen LogP contribution >= 0.6 is 0 Å². The SMILES string of the molecule is CCC1=C(C)CNC1=O.NC(=O)/C=C\n1cnc(-c2cc(C(F)(F)F)cc(C(F)(F)F)c2)n1. The lowest BCUT2D eigenvalue weighted by Crippen LogP contribution is -2.17. The zero-order chi connectivity index (χ0) is 25.0. The van der Waals surface area contributed by atoms with Gasteiger partial charge in [-0.3, -0.25) is 9.59 Å². The van der Waals surface area contributed by atoms with E-state index in [1.165, 1.54) is 5.57 Å². The van der Waals surface area contributed by atoms with Gasteiger partial charge in [-0.25, -0.2) is 9.67 Å². The van der Waals surface area contributed by atoms with Crippen molar-refractivity contribution >= 4 is 18.0 Å². The van der Waals surface area contributed by atoms with Gasteiger partial charge in [0, 0.05) is 30.0 Å². The standard InChI is InChI=1S/C13H8F6N4O.C7H11NO/c14-12(15,16)8-3-7(4-9(5-8)13(17,18)19)11-21-6-23(22-11)2-1-10(20)24;1-3-6-5(2)4-8-7(6)9/h1-6H,(H2,20,24);3-4H2,1-2H3,(H,8,9)/b2-1-;. The van der Waals surface area contributed by atoms with E-state index in [1.54, 1.807) is 0 Å². The van der Waals surface area contributed by atoms with Crippen molar-refractivity contribution < 1.29 is 35.9 Å². The molecule has 2 amide bonds. The molecule has 0 fully saturated rings. The van der Waals surface area contributed by atoms with Gasteiger partial charge < -0.3 is 11.1 Å². The van der Waals surface area contributed by atoms with Crippen LogP contribution in [0.2, 0.25) is 0 Å². The van der Waals surface area contributed by atoms with E-state index < -0.39 is 35.0 Å². The molecule has 0 saturated heterocycles. The first kappa shape index (κ1) is 25.6. The summed E-state index contributed by atoms with van der Waals surface area (Å²) in [7, 11) is 0. The topological polar surface area (TPSA) is 103 Å². The minimum Gasteiger partial charge on any atom is -0.366 e. The van der Waals surface area contributed by atoms with E-state index in [0.717, 1.165) is 41.8 Å². The number of hydrogen-bond acceptors (Lipinski definition) is 4. The van der Waals surface area contributed by atoms with Gasteiger partial charge in [-0.05, 0) is 37.1 Å². The lowest BCUT2D eigenvalue weighted by molar-refractivity contribution is -0.143. The number of rotatable bonds is 4. The fraction of sp³-hybridized carbons (Fsp3) is 0.300. The van der Waals surface area contributed by atoms with Crippen LogP contribution in [0.25, 0.3) is 17.6 Å². The first-order chi connectivity index (χ1) is 15.2. The van der Waals surface area contributed by atoms with Crippen LogP contribution in [-0.4, -0.2) is 33.1 Å². The predicted octanol–water partition coefficient (Wildman–Crippen LogP) is 3.78. The molecule has 0 saturated carbocycles. The number of amides is 2. The normalized spacial score (nSPS) is 14.4. The third kappa shape index (κ3) is 6.92. The van der Waals surface area contributed by atoms with Crippen molar-refractivity contribution in [2.75, 3.05) is 6.54 Å². The van der Waals surface area contributed by atoms with Gasteiger partial charge in [-0.15, -0.1) is 5.10 Å². The third-order valence-electron chi connectivity index (χ3n) is 4.40. The van der Waals surface area contributed by atoms with Crippen molar-refractivity contribution in [2.45, 2.75) is 32.6 Å². The van der Waals surface area contributed by atoms with Crippen LogP contribution in [0.4, 0.5) is 26.3 Å². The van der Waals surface area contributed by atoms with E-state index in [9.17, 15) is 35.9 Å². The number of carbonyl (C=O) groups excluding carboxylic acids is 2. The molecule has 3 rings (SSSR count). The van der Waals surface area contributed by atoms with E-state index in [4.69, 9.17) is 5.73 Å². The second kappa shape index (κ2) is 9.88. The van der Waals surface area contributed by atoms with Crippen LogP contribution in [0.5, 0.6) is 0 Å². The molecular weight excluding hydrogens is 456 g/mol. The van der Waals surface area contributed by atoms with Gasteiger partial charge in [-0.2, -0.15) is 26.3 Å². The second-order valence-corrected chi connectivity index (χ2v) is 6.86. The Morgan fingerprint density at radius 3 is 2.12 bits per heavy atom. The highest BCUT2D eigenvalue weighted by atomic mass is 19.4. The van der Waals surface area contributed by atoms with Gasteiger partial charge in [0.05, 0.1) is 11.1 Å². The molecule has 1 aromatic carbocycles. The first-order valence-corrected chi connectivity index (χ1v) is 9.37. The minimum absolute atomic E-state index is 0.00743. The summed E-state index contributed by atoms with van der Waals surface area (Å²) in [6.07, 6.45) is -6.13. The monoisotopic (exact) mass is 475 g/mol. The maximum absolute atomic E-state index is 12.8. The lowest BCUT2D eigenvalue weighted by Gasteiger charge is -2.13. The lowest BCUT2D eigenvalue weighted by atomic mass is 10.0. The van der Waals surface area contributed by atoms with Gasteiger partial charge in [0.15, 0.2) is 5.82 Å². The molecule has 0 unspecified atom stereocenters. The van der Waals surface area contributed by atoms with Crippen LogP contribution in [0.1, 0.15) is 31.4 Å². The van der Waals surface area contributed by atoms with Gasteiger partial charge in [0.1, 0.15) is 6.33 Å². The molecule has 3 N–H and O–H groups in total. The summed E-state index contributed by atoms with van der Waals surface area (Å²) in [5.74, 6) is -1.07. The Bertz CT molecular complexity index is 1070. The summed E-state index contributed by atoms with van der Waals surface area (Å²) in [6, 6.07) is 1.02. The van der Waals surface area contributed by atoms with E-state index in [1.807, 2.05) is 13.8 Å². The number of hydrogen-bond donors (Lipinski definition) is 2. The third-order valence-corrected chi connectivity index (χ3v) is 4.40. The molecule has 1 aliphatic rings. The Labute approximate surface area is 184 Å². The average Bonchev–Trinajstić information content (AvgIpc) is 3.31. The number of aromatic nitrogens is 3. The largest absolute Gasteiger partial charge is 0.416 e. The smallest absolute Gasteiger partial charge is 0.366 e. The molecule has 1 aliphatic heterocycles. The maximum atomic E-state index is 12.8. The minimum atomic E-state index is -4.97. The molecule has 33 heavy (non-hydrogen) atoms. The average molecular weight is 475 g/mol. The number of nitrogens with zero attached hydrogens (tertiary/aromatic N) is 3. The Kier molecular flexibility index (Phi) is 7.67. The van der Waals surface area contributed by atoms with Gasteiger partial charge in [0.25, 0.3) is 0 Å². The molecule has 13 heteroatoms. The number of alkyl halides is 6. The quantitative estimate of drug-likeness (QED) is 0.519. The Hall–Kier alpha value is -3.64. The summed E-state index contributed by atoms with van der Waals surface area (Å²) >= 11 is 0. The second-order valence-electron chi connectivity index (χ2n) is 6.86. The molecule has 7 nitrogen and oxygen atoms in total. The Morgan fingerprint density at radius 2 is 1.73 bits per heavy atom. The zero-order valence-electron chi connectivity index (χ0n) is 17.4. The molecule has 0 atom stereocenters. The molecule has 2 aromatic rings. The number of nitrogens with two attached hydrogens (primary N) is 1. The maximum Gasteiger partial charge on any atom is 0.416 e. The van der Waals surface area contributed by atoms with Gasteiger partial charge in [0.2, 0.25) is 11.8 Å². The molecule has 178 valence electrons. The predicted molar refractivity (Wildman–Crippen MR) is 106 cm³/mol. The molecular formula is C20H19F6N5O2. The molecule has 0 spiro atoms. The first-order valence-electron chi connectivity index (χ1n) is 9.37. The highest BCUT2D eigenvalue weighted by molar-refractivity contribution is 5.96. The molecule has 0 bridgehead atoms. The highest BCUT2D eigenvalue weighted by Gasteiger charge is 2.37. The Balaban J connectivity index is 0.000000357. The summed E-state index contributed by atoms with van der Waals surface area (Å²) in [5.41, 5.74) is 3.60. The number of carbonyl (C=O) groups is 2. The van der Waals surface area contributed by atoms with E-state index in [2.05, 4.69) is 15.4 Å².